The molecule has 1 aromatic carbocycles. The van der Waals surface area contributed by atoms with Crippen molar-refractivity contribution in [1.29, 1.82) is 5.26 Å². The Hall–Kier alpha value is -1.97. The highest BCUT2D eigenvalue weighted by atomic mass is 16.6. The van der Waals surface area contributed by atoms with Gasteiger partial charge >= 0.3 is 0 Å². The molecule has 6 aliphatic rings. The quantitative estimate of drug-likeness (QED) is 0.704. The highest BCUT2D eigenvalue weighted by Crippen LogP contribution is 2.77. The van der Waals surface area contributed by atoms with Crippen LogP contribution in [-0.2, 0) is 16.6 Å². The van der Waals surface area contributed by atoms with Gasteiger partial charge in [0, 0.05) is 42.0 Å². The van der Waals surface area contributed by atoms with E-state index in [-0.39, 0.29) is 34.3 Å². The van der Waals surface area contributed by atoms with Crippen LogP contribution in [0, 0.1) is 28.2 Å². The summed E-state index contributed by atoms with van der Waals surface area (Å²) in [6.45, 7) is 9.05. The molecule has 4 fully saturated rings. The molecule has 1 saturated heterocycles. The number of hydrogen-bond acceptors (Lipinski definition) is 6. The van der Waals surface area contributed by atoms with Crippen molar-refractivity contribution in [2.75, 3.05) is 20.8 Å². The maximum Gasteiger partial charge on any atom is 0.179 e. The number of hydrogen-bond donors (Lipinski definition) is 1. The third kappa shape index (κ3) is 2.10. The molecule has 3 saturated carbocycles. The Bertz CT molecular complexity index is 1070. The lowest BCUT2D eigenvalue weighted by Crippen LogP contribution is -2.83. The number of rotatable bonds is 3. The second-order valence-corrected chi connectivity index (χ2v) is 12.3. The zero-order valence-electron chi connectivity index (χ0n) is 20.7. The molecule has 178 valence electrons. The van der Waals surface area contributed by atoms with Crippen LogP contribution in [0.1, 0.15) is 64.5 Å². The van der Waals surface area contributed by atoms with E-state index in [1.165, 1.54) is 11.1 Å². The third-order valence-electron chi connectivity index (χ3n) is 10.9. The van der Waals surface area contributed by atoms with Crippen molar-refractivity contribution in [3.63, 3.8) is 0 Å². The minimum Gasteiger partial charge on any atom is -0.493 e. The average molecular weight is 453 g/mol. The zero-order chi connectivity index (χ0) is 23.6. The van der Waals surface area contributed by atoms with Crippen LogP contribution in [0.3, 0.4) is 0 Å². The first-order chi connectivity index (χ1) is 15.5. The highest BCUT2D eigenvalue weighted by molar-refractivity contribution is 5.63. The Balaban J connectivity index is 1.66. The Morgan fingerprint density at radius 1 is 1.18 bits per heavy atom. The van der Waals surface area contributed by atoms with Gasteiger partial charge in [-0.1, -0.05) is 26.8 Å². The number of piperidine rings is 1. The summed E-state index contributed by atoms with van der Waals surface area (Å²) in [5.41, 5.74) is 0.315. The molecule has 2 spiro atoms. The molecular formula is C27H36N2O4. The molecule has 6 heteroatoms. The lowest BCUT2D eigenvalue weighted by molar-refractivity contribution is -0.309. The topological polar surface area (TPSA) is 75.0 Å². The van der Waals surface area contributed by atoms with Crippen molar-refractivity contribution in [2.45, 2.75) is 88.6 Å². The first-order valence-corrected chi connectivity index (χ1v) is 12.3. The lowest BCUT2D eigenvalue weighted by Gasteiger charge is -2.75. The fraction of sp³-hybridized carbons (Fsp3) is 0.741. The van der Waals surface area contributed by atoms with Crippen molar-refractivity contribution in [2.24, 2.45) is 16.7 Å². The molecule has 6 nitrogen and oxygen atoms in total. The number of fused-ring (bicyclic) bond motifs is 2. The normalized spacial score (nSPS) is 41.6. The molecule has 2 unspecified atom stereocenters. The van der Waals surface area contributed by atoms with Gasteiger partial charge in [-0.3, -0.25) is 0 Å². The molecule has 1 aromatic rings. The first kappa shape index (κ1) is 21.6. The lowest BCUT2D eigenvalue weighted by atomic mass is 9.33. The zero-order valence-corrected chi connectivity index (χ0v) is 20.7. The molecule has 0 radical (unpaired) electrons. The number of aliphatic hydroxyl groups is 1. The Labute approximate surface area is 196 Å². The van der Waals surface area contributed by atoms with Gasteiger partial charge in [0.1, 0.15) is 11.7 Å². The summed E-state index contributed by atoms with van der Waals surface area (Å²) in [6.07, 6.45) is 6.68. The summed E-state index contributed by atoms with van der Waals surface area (Å²) < 4.78 is 19.3. The number of benzene rings is 1. The smallest absolute Gasteiger partial charge is 0.179 e. The van der Waals surface area contributed by atoms with Gasteiger partial charge in [0.15, 0.2) is 17.7 Å². The van der Waals surface area contributed by atoms with E-state index in [1.807, 2.05) is 17.9 Å². The van der Waals surface area contributed by atoms with Gasteiger partial charge in [-0.05, 0) is 56.1 Å². The van der Waals surface area contributed by atoms with Crippen LogP contribution >= 0.6 is 0 Å². The van der Waals surface area contributed by atoms with Crippen molar-refractivity contribution in [1.82, 2.24) is 4.90 Å². The Morgan fingerprint density at radius 3 is 2.58 bits per heavy atom. The first-order valence-electron chi connectivity index (χ1n) is 12.3. The molecule has 1 N–H and O–H groups in total. The van der Waals surface area contributed by atoms with Crippen LogP contribution in [0.2, 0.25) is 0 Å². The molecule has 33 heavy (non-hydrogen) atoms. The highest BCUT2D eigenvalue weighted by Gasteiger charge is 2.82. The molecule has 7 rings (SSSR count). The molecule has 0 amide bonds. The minimum absolute atomic E-state index is 0.107. The Morgan fingerprint density at radius 2 is 1.94 bits per heavy atom. The number of nitrogens with zero attached hydrogens (tertiary/aromatic N) is 2. The van der Waals surface area contributed by atoms with Crippen LogP contribution < -0.4 is 9.47 Å². The maximum absolute atomic E-state index is 12.1. The van der Waals surface area contributed by atoms with E-state index in [2.05, 4.69) is 33.0 Å². The number of methoxy groups -OCH3 is 2. The van der Waals surface area contributed by atoms with Crippen molar-refractivity contribution in [3.05, 3.63) is 23.3 Å². The molecule has 4 aliphatic carbocycles. The standard InChI is InChI=1S/C27H36N2O4/c1-23(2,3)24(4,30)18-14-25-9-10-27(18,32-6)22-26(25)11-12-29(15-28)19(25)13-16-7-8-17(31-5)21(33-22)20(16)26/h7-8,18-19,22,30H,9-14H2,1-6H3/t18-,19?,22?,24-,25-,26+,27-/m1/s1. The summed E-state index contributed by atoms with van der Waals surface area (Å²) in [6, 6.07) is 4.30. The van der Waals surface area contributed by atoms with Gasteiger partial charge in [-0.2, -0.15) is 5.26 Å². The largest absolute Gasteiger partial charge is 0.493 e. The minimum atomic E-state index is -0.966. The van der Waals surface area contributed by atoms with Gasteiger partial charge in [0.05, 0.1) is 12.7 Å². The van der Waals surface area contributed by atoms with Gasteiger partial charge in [0.2, 0.25) is 0 Å². The van der Waals surface area contributed by atoms with Crippen molar-refractivity contribution in [3.8, 4) is 17.7 Å². The van der Waals surface area contributed by atoms with Gasteiger partial charge in [-0.25, -0.2) is 0 Å². The summed E-state index contributed by atoms with van der Waals surface area (Å²) in [7, 11) is 3.50. The second-order valence-electron chi connectivity index (χ2n) is 12.3. The molecule has 2 aliphatic heterocycles. The van der Waals surface area contributed by atoms with Crippen LogP contribution in [0.25, 0.3) is 0 Å². The summed E-state index contributed by atoms with van der Waals surface area (Å²) in [4.78, 5) is 2.03. The molecule has 7 atom stereocenters. The number of nitriles is 1. The van der Waals surface area contributed by atoms with E-state index >= 15 is 0 Å². The SMILES string of the molecule is COc1ccc2c3c1OC1[C@@]4(OC)CC[C@@]5(C[C@@H]4[C@@](C)(O)C(C)(C)C)C(C2)N(C#N)CC[C@]315. The maximum atomic E-state index is 12.1. The summed E-state index contributed by atoms with van der Waals surface area (Å²) >= 11 is 0. The van der Waals surface area contributed by atoms with Gasteiger partial charge in [-0.15, -0.1) is 0 Å². The molecule has 2 heterocycles. The monoisotopic (exact) mass is 452 g/mol. The van der Waals surface area contributed by atoms with Crippen molar-refractivity contribution < 1.29 is 19.3 Å². The van der Waals surface area contributed by atoms with E-state index in [9.17, 15) is 10.4 Å². The summed E-state index contributed by atoms with van der Waals surface area (Å²) in [5, 5.41) is 22.2. The van der Waals surface area contributed by atoms with Crippen LogP contribution in [0.5, 0.6) is 11.5 Å². The van der Waals surface area contributed by atoms with E-state index in [0.717, 1.165) is 50.1 Å². The van der Waals surface area contributed by atoms with E-state index < -0.39 is 11.2 Å². The average Bonchev–Trinajstić information content (AvgIpc) is 3.15. The van der Waals surface area contributed by atoms with Gasteiger partial charge < -0.3 is 24.2 Å². The van der Waals surface area contributed by atoms with E-state index in [0.29, 0.717) is 0 Å². The number of likely N-dealkylation sites (tertiary alicyclic amines) is 1. The van der Waals surface area contributed by atoms with Crippen LogP contribution in [0.15, 0.2) is 12.1 Å². The Kier molecular flexibility index (Phi) is 4.03. The van der Waals surface area contributed by atoms with Gasteiger partial charge in [0.25, 0.3) is 0 Å². The number of ether oxygens (including phenoxy) is 3. The van der Waals surface area contributed by atoms with Crippen LogP contribution in [-0.4, -0.2) is 54.1 Å². The second kappa shape index (κ2) is 6.17. The summed E-state index contributed by atoms with van der Waals surface area (Å²) in [5.74, 6) is 1.54. The third-order valence-corrected chi connectivity index (χ3v) is 10.9. The predicted molar refractivity (Wildman–Crippen MR) is 123 cm³/mol. The molecule has 0 aromatic heterocycles. The van der Waals surface area contributed by atoms with E-state index in [1.54, 1.807) is 14.2 Å². The van der Waals surface area contributed by atoms with E-state index in [4.69, 9.17) is 14.2 Å². The fourth-order valence-electron chi connectivity index (χ4n) is 8.91. The fourth-order valence-corrected chi connectivity index (χ4v) is 8.91. The molecule has 4 bridgehead atoms. The van der Waals surface area contributed by atoms with Crippen LogP contribution in [0.4, 0.5) is 0 Å². The van der Waals surface area contributed by atoms with Crippen molar-refractivity contribution >= 4 is 0 Å². The predicted octanol–water partition coefficient (Wildman–Crippen LogP) is 3.79. The molecular weight excluding hydrogens is 416 g/mol.